The lowest BCUT2D eigenvalue weighted by Gasteiger charge is -2.16. The van der Waals surface area contributed by atoms with E-state index in [2.05, 4.69) is 4.72 Å². The number of carbonyl (C=O) groups excluding carboxylic acids is 1. The van der Waals surface area contributed by atoms with Gasteiger partial charge in [0.15, 0.2) is 0 Å². The Morgan fingerprint density at radius 2 is 1.80 bits per heavy atom. The average molecular weight is 235 g/mol. The molecular weight excluding hydrogens is 214 g/mol. The normalized spacial score (nSPS) is 12.8. The lowest BCUT2D eigenvalue weighted by atomic mass is 9.88. The molecule has 5 heteroatoms. The molecule has 0 saturated heterocycles. The zero-order chi connectivity index (χ0) is 12.1. The van der Waals surface area contributed by atoms with Crippen LogP contribution in [-0.2, 0) is 14.8 Å². The molecule has 1 N–H and O–H groups in total. The van der Waals surface area contributed by atoms with Gasteiger partial charge < -0.3 is 0 Å². The zero-order valence-electron chi connectivity index (χ0n) is 9.96. The van der Waals surface area contributed by atoms with Gasteiger partial charge in [-0.15, -0.1) is 0 Å². The Labute approximate surface area is 92.5 Å². The van der Waals surface area contributed by atoms with Crippen LogP contribution in [0.5, 0.6) is 0 Å². The first-order chi connectivity index (χ1) is 6.69. The summed E-state index contributed by atoms with van der Waals surface area (Å²) in [7, 11) is -3.11. The SMILES string of the molecule is CCS(=O)(=O)NCCCC(=O)C(C)(C)C. The van der Waals surface area contributed by atoms with Crippen LogP contribution in [-0.4, -0.2) is 26.5 Å². The van der Waals surface area contributed by atoms with Crippen LogP contribution in [0.2, 0.25) is 0 Å². The molecule has 0 atom stereocenters. The Balaban J connectivity index is 3.79. The Hall–Kier alpha value is -0.420. The van der Waals surface area contributed by atoms with Gasteiger partial charge in [0.1, 0.15) is 5.78 Å². The molecule has 0 aliphatic carbocycles. The molecule has 0 aromatic heterocycles. The minimum absolute atomic E-state index is 0.0835. The Morgan fingerprint density at radius 1 is 1.27 bits per heavy atom. The van der Waals surface area contributed by atoms with E-state index in [1.807, 2.05) is 20.8 Å². The topological polar surface area (TPSA) is 63.2 Å². The molecular formula is C10H21NO3S. The van der Waals surface area contributed by atoms with Crippen LogP contribution in [0.25, 0.3) is 0 Å². The van der Waals surface area contributed by atoms with E-state index in [1.165, 1.54) is 0 Å². The predicted molar refractivity (Wildman–Crippen MR) is 61.2 cm³/mol. The smallest absolute Gasteiger partial charge is 0.211 e. The van der Waals surface area contributed by atoms with Gasteiger partial charge in [0.25, 0.3) is 0 Å². The molecule has 0 spiro atoms. The third kappa shape index (κ3) is 6.62. The second-order valence-corrected chi connectivity index (χ2v) is 6.67. The molecule has 0 aliphatic rings. The van der Waals surface area contributed by atoms with Gasteiger partial charge in [-0.1, -0.05) is 20.8 Å². The van der Waals surface area contributed by atoms with E-state index >= 15 is 0 Å². The Bertz CT molecular complexity index is 301. The van der Waals surface area contributed by atoms with E-state index < -0.39 is 10.0 Å². The van der Waals surface area contributed by atoms with Gasteiger partial charge in [-0.25, -0.2) is 13.1 Å². The van der Waals surface area contributed by atoms with Gasteiger partial charge in [-0.05, 0) is 13.3 Å². The first-order valence-corrected chi connectivity index (χ1v) is 6.85. The first-order valence-electron chi connectivity index (χ1n) is 5.19. The highest BCUT2D eigenvalue weighted by Gasteiger charge is 2.20. The van der Waals surface area contributed by atoms with Crippen molar-refractivity contribution in [1.82, 2.24) is 4.72 Å². The van der Waals surface area contributed by atoms with Gasteiger partial charge in [0.05, 0.1) is 5.75 Å². The fourth-order valence-corrected chi connectivity index (χ4v) is 1.61. The van der Waals surface area contributed by atoms with Crippen molar-refractivity contribution < 1.29 is 13.2 Å². The molecule has 15 heavy (non-hydrogen) atoms. The maximum atomic E-state index is 11.5. The first kappa shape index (κ1) is 14.6. The van der Waals surface area contributed by atoms with Gasteiger partial charge in [0, 0.05) is 18.4 Å². The van der Waals surface area contributed by atoms with Crippen LogP contribution >= 0.6 is 0 Å². The van der Waals surface area contributed by atoms with Crippen LogP contribution in [0.4, 0.5) is 0 Å². The molecule has 0 saturated carbocycles. The van der Waals surface area contributed by atoms with Crippen molar-refractivity contribution in [3.63, 3.8) is 0 Å². The van der Waals surface area contributed by atoms with Gasteiger partial charge >= 0.3 is 0 Å². The standard InChI is InChI=1S/C10H21NO3S/c1-5-15(13,14)11-8-6-7-9(12)10(2,3)4/h11H,5-8H2,1-4H3. The van der Waals surface area contributed by atoms with E-state index in [4.69, 9.17) is 0 Å². The van der Waals surface area contributed by atoms with E-state index in [0.717, 1.165) is 0 Å². The van der Waals surface area contributed by atoms with Gasteiger partial charge in [0.2, 0.25) is 10.0 Å². The third-order valence-electron chi connectivity index (χ3n) is 2.12. The van der Waals surface area contributed by atoms with Crippen molar-refractivity contribution >= 4 is 15.8 Å². The minimum atomic E-state index is -3.11. The summed E-state index contributed by atoms with van der Waals surface area (Å²) >= 11 is 0. The molecule has 4 nitrogen and oxygen atoms in total. The molecule has 0 amide bonds. The molecule has 0 aliphatic heterocycles. The summed E-state index contributed by atoms with van der Waals surface area (Å²) in [6.07, 6.45) is 0.991. The summed E-state index contributed by atoms with van der Waals surface area (Å²) in [5.41, 5.74) is -0.330. The van der Waals surface area contributed by atoms with Crippen molar-refractivity contribution in [2.75, 3.05) is 12.3 Å². The number of hydrogen-bond donors (Lipinski definition) is 1. The summed E-state index contributed by atoms with van der Waals surface area (Å²) in [4.78, 5) is 11.5. The predicted octanol–water partition coefficient (Wildman–Crippen LogP) is 1.32. The molecule has 0 fully saturated rings. The number of Topliss-reactive ketones (excluding diaryl/α,β-unsaturated/α-hetero) is 1. The Kier molecular flexibility index (Phi) is 5.45. The number of rotatable bonds is 6. The summed E-state index contributed by atoms with van der Waals surface area (Å²) in [5, 5.41) is 0. The lowest BCUT2D eigenvalue weighted by molar-refractivity contribution is -0.126. The zero-order valence-corrected chi connectivity index (χ0v) is 10.8. The molecule has 0 rings (SSSR count). The number of carbonyl (C=O) groups is 1. The summed E-state index contributed by atoms with van der Waals surface area (Å²) in [5.74, 6) is 0.249. The molecule has 0 aromatic carbocycles. The van der Waals surface area contributed by atoms with Crippen molar-refractivity contribution in [3.05, 3.63) is 0 Å². The average Bonchev–Trinajstić information content (AvgIpc) is 2.10. The van der Waals surface area contributed by atoms with E-state index in [1.54, 1.807) is 6.92 Å². The molecule has 0 heterocycles. The highest BCUT2D eigenvalue weighted by atomic mass is 32.2. The monoisotopic (exact) mass is 235 g/mol. The van der Waals surface area contributed by atoms with Crippen molar-refractivity contribution in [2.45, 2.75) is 40.5 Å². The van der Waals surface area contributed by atoms with E-state index in [9.17, 15) is 13.2 Å². The van der Waals surface area contributed by atoms with E-state index in [0.29, 0.717) is 19.4 Å². The number of nitrogens with one attached hydrogen (secondary N) is 1. The van der Waals surface area contributed by atoms with Crippen molar-refractivity contribution in [2.24, 2.45) is 5.41 Å². The van der Waals surface area contributed by atoms with Crippen molar-refractivity contribution in [1.29, 1.82) is 0 Å². The Morgan fingerprint density at radius 3 is 2.20 bits per heavy atom. The molecule has 0 unspecified atom stereocenters. The maximum absolute atomic E-state index is 11.5. The molecule has 0 radical (unpaired) electrons. The summed E-state index contributed by atoms with van der Waals surface area (Å²) in [6.45, 7) is 7.53. The van der Waals surface area contributed by atoms with E-state index in [-0.39, 0.29) is 17.0 Å². The molecule has 0 bridgehead atoms. The van der Waals surface area contributed by atoms with Gasteiger partial charge in [-0.3, -0.25) is 4.79 Å². The van der Waals surface area contributed by atoms with Crippen LogP contribution in [0.15, 0.2) is 0 Å². The van der Waals surface area contributed by atoms with Crippen LogP contribution in [0.3, 0.4) is 0 Å². The minimum Gasteiger partial charge on any atom is -0.299 e. The highest BCUT2D eigenvalue weighted by molar-refractivity contribution is 7.89. The molecule has 90 valence electrons. The quantitative estimate of drug-likeness (QED) is 0.706. The number of sulfonamides is 1. The summed E-state index contributed by atoms with van der Waals surface area (Å²) < 4.78 is 24.5. The number of ketones is 1. The highest BCUT2D eigenvalue weighted by Crippen LogP contribution is 2.17. The second kappa shape index (κ2) is 5.61. The number of hydrogen-bond acceptors (Lipinski definition) is 3. The summed E-state index contributed by atoms with van der Waals surface area (Å²) in [6, 6.07) is 0. The van der Waals surface area contributed by atoms with Crippen LogP contribution < -0.4 is 4.72 Å². The second-order valence-electron chi connectivity index (χ2n) is 4.57. The van der Waals surface area contributed by atoms with Crippen LogP contribution in [0, 0.1) is 5.41 Å². The fourth-order valence-electron chi connectivity index (χ4n) is 0.954. The van der Waals surface area contributed by atoms with Crippen molar-refractivity contribution in [3.8, 4) is 0 Å². The maximum Gasteiger partial charge on any atom is 0.211 e. The van der Waals surface area contributed by atoms with Gasteiger partial charge in [-0.2, -0.15) is 0 Å². The lowest BCUT2D eigenvalue weighted by Crippen LogP contribution is -2.27. The third-order valence-corrected chi connectivity index (χ3v) is 3.52. The van der Waals surface area contributed by atoms with Crippen LogP contribution in [0.1, 0.15) is 40.5 Å². The largest absolute Gasteiger partial charge is 0.299 e. The molecule has 0 aromatic rings. The fraction of sp³-hybridized carbons (Fsp3) is 0.900.